The summed E-state index contributed by atoms with van der Waals surface area (Å²) < 4.78 is 13.6. The fraction of sp³-hybridized carbons (Fsp3) is 0.571. The van der Waals surface area contributed by atoms with Crippen LogP contribution in [0.2, 0.25) is 0 Å². The minimum atomic E-state index is -0.188. The maximum Gasteiger partial charge on any atom is 0.137 e. The number of rotatable bonds is 7. The first kappa shape index (κ1) is 14.7. The predicted octanol–water partition coefficient (Wildman–Crippen LogP) is 4.16. The Hall–Kier alpha value is -0.410. The van der Waals surface area contributed by atoms with E-state index in [-0.39, 0.29) is 5.82 Å². The Labute approximate surface area is 112 Å². The third-order valence-corrected chi connectivity index (χ3v) is 3.21. The Morgan fingerprint density at radius 2 is 2.06 bits per heavy atom. The molecule has 0 aliphatic carbocycles. The van der Waals surface area contributed by atoms with E-state index >= 15 is 0 Å². The van der Waals surface area contributed by atoms with Gasteiger partial charge in [0.1, 0.15) is 5.82 Å². The van der Waals surface area contributed by atoms with Crippen LogP contribution in [0.5, 0.6) is 0 Å². The molecule has 0 heterocycles. The van der Waals surface area contributed by atoms with Crippen molar-refractivity contribution in [2.75, 3.05) is 13.1 Å². The van der Waals surface area contributed by atoms with E-state index in [2.05, 4.69) is 35.1 Å². The van der Waals surface area contributed by atoms with Crippen LogP contribution >= 0.6 is 15.9 Å². The van der Waals surface area contributed by atoms with Gasteiger partial charge in [-0.1, -0.05) is 19.9 Å². The summed E-state index contributed by atoms with van der Waals surface area (Å²) in [5.41, 5.74) is 1.20. The molecule has 3 heteroatoms. The van der Waals surface area contributed by atoms with Crippen LogP contribution in [-0.4, -0.2) is 13.1 Å². The van der Waals surface area contributed by atoms with E-state index in [1.165, 1.54) is 18.1 Å². The monoisotopic (exact) mass is 301 g/mol. The highest BCUT2D eigenvalue weighted by molar-refractivity contribution is 9.10. The molecule has 0 bridgehead atoms. The number of aryl methyl sites for hydroxylation is 1. The van der Waals surface area contributed by atoms with Gasteiger partial charge in [-0.2, -0.15) is 0 Å². The molecule has 0 aliphatic rings. The molecule has 17 heavy (non-hydrogen) atoms. The summed E-state index contributed by atoms with van der Waals surface area (Å²) in [6, 6.07) is 5.26. The average Bonchev–Trinajstić information content (AvgIpc) is 2.27. The summed E-state index contributed by atoms with van der Waals surface area (Å²) in [5.74, 6) is 0.524. The van der Waals surface area contributed by atoms with Crippen LogP contribution < -0.4 is 5.32 Å². The average molecular weight is 302 g/mol. The van der Waals surface area contributed by atoms with Crippen LogP contribution in [0.15, 0.2) is 22.7 Å². The first-order valence-electron chi connectivity index (χ1n) is 6.24. The van der Waals surface area contributed by atoms with Crippen molar-refractivity contribution in [3.05, 3.63) is 34.1 Å². The number of unbranched alkanes of at least 4 members (excludes halogenated alkanes) is 1. The number of hydrogen-bond acceptors (Lipinski definition) is 1. The second-order valence-corrected chi connectivity index (χ2v) is 5.66. The Kier molecular flexibility index (Phi) is 6.75. The van der Waals surface area contributed by atoms with E-state index in [1.807, 2.05) is 12.1 Å². The van der Waals surface area contributed by atoms with Crippen LogP contribution in [-0.2, 0) is 6.42 Å². The molecule has 0 spiro atoms. The van der Waals surface area contributed by atoms with Gasteiger partial charge in [0.25, 0.3) is 0 Å². The predicted molar refractivity (Wildman–Crippen MR) is 74.7 cm³/mol. The summed E-state index contributed by atoms with van der Waals surface area (Å²) in [6.07, 6.45) is 3.33. The quantitative estimate of drug-likeness (QED) is 0.746. The van der Waals surface area contributed by atoms with Crippen molar-refractivity contribution in [1.82, 2.24) is 5.32 Å². The molecule has 96 valence electrons. The Morgan fingerprint density at radius 3 is 2.71 bits per heavy atom. The second kappa shape index (κ2) is 7.83. The van der Waals surface area contributed by atoms with Gasteiger partial charge in [0.2, 0.25) is 0 Å². The topological polar surface area (TPSA) is 12.0 Å². The molecule has 1 aromatic rings. The normalized spacial score (nSPS) is 11.1. The summed E-state index contributed by atoms with van der Waals surface area (Å²) in [5, 5.41) is 3.42. The van der Waals surface area contributed by atoms with Crippen LogP contribution in [0.3, 0.4) is 0 Å². The summed E-state index contributed by atoms with van der Waals surface area (Å²) in [6.45, 7) is 6.58. The lowest BCUT2D eigenvalue weighted by Gasteiger charge is -2.07. The van der Waals surface area contributed by atoms with E-state index in [4.69, 9.17) is 0 Å². The van der Waals surface area contributed by atoms with Crippen LogP contribution in [0, 0.1) is 11.7 Å². The Balaban J connectivity index is 2.16. The van der Waals surface area contributed by atoms with Crippen LogP contribution in [0.1, 0.15) is 32.3 Å². The van der Waals surface area contributed by atoms with Gasteiger partial charge in [0.15, 0.2) is 0 Å². The molecule has 0 amide bonds. The van der Waals surface area contributed by atoms with Crippen molar-refractivity contribution in [2.45, 2.75) is 33.1 Å². The third-order valence-electron chi connectivity index (χ3n) is 2.61. The lowest BCUT2D eigenvalue weighted by Crippen LogP contribution is -2.20. The highest BCUT2D eigenvalue weighted by atomic mass is 79.9. The van der Waals surface area contributed by atoms with E-state index in [9.17, 15) is 4.39 Å². The van der Waals surface area contributed by atoms with Crippen LogP contribution in [0.4, 0.5) is 4.39 Å². The maximum absolute atomic E-state index is 13.0. The molecule has 1 aromatic carbocycles. The summed E-state index contributed by atoms with van der Waals surface area (Å²) >= 11 is 3.21. The molecule has 1 rings (SSSR count). The van der Waals surface area contributed by atoms with Crippen molar-refractivity contribution in [3.8, 4) is 0 Å². The molecule has 0 saturated carbocycles. The smallest absolute Gasteiger partial charge is 0.137 e. The molecule has 1 nitrogen and oxygen atoms in total. The maximum atomic E-state index is 13.0. The molecule has 0 saturated heterocycles. The number of nitrogens with one attached hydrogen (secondary N) is 1. The minimum Gasteiger partial charge on any atom is -0.316 e. The van der Waals surface area contributed by atoms with E-state index in [1.54, 1.807) is 0 Å². The van der Waals surface area contributed by atoms with Gasteiger partial charge >= 0.3 is 0 Å². The van der Waals surface area contributed by atoms with E-state index < -0.39 is 0 Å². The van der Waals surface area contributed by atoms with Crippen molar-refractivity contribution >= 4 is 15.9 Å². The molecule has 0 aliphatic heterocycles. The zero-order valence-corrected chi connectivity index (χ0v) is 12.2. The zero-order chi connectivity index (χ0) is 12.7. The highest BCUT2D eigenvalue weighted by Crippen LogP contribution is 2.17. The van der Waals surface area contributed by atoms with Crippen molar-refractivity contribution in [2.24, 2.45) is 5.92 Å². The molecule has 0 radical (unpaired) electrons. The lowest BCUT2D eigenvalue weighted by molar-refractivity contribution is 0.535. The first-order valence-corrected chi connectivity index (χ1v) is 7.03. The van der Waals surface area contributed by atoms with Gasteiger partial charge in [-0.05, 0) is 71.9 Å². The zero-order valence-electron chi connectivity index (χ0n) is 10.6. The van der Waals surface area contributed by atoms with E-state index in [0.29, 0.717) is 10.4 Å². The molecule has 0 fully saturated rings. The van der Waals surface area contributed by atoms with Crippen molar-refractivity contribution in [3.63, 3.8) is 0 Å². The van der Waals surface area contributed by atoms with Crippen molar-refractivity contribution in [1.29, 1.82) is 0 Å². The summed E-state index contributed by atoms with van der Waals surface area (Å²) in [4.78, 5) is 0. The van der Waals surface area contributed by atoms with E-state index in [0.717, 1.165) is 25.9 Å². The fourth-order valence-corrected chi connectivity index (χ4v) is 2.09. The third kappa shape index (κ3) is 6.18. The number of hydrogen-bond donors (Lipinski definition) is 1. The largest absolute Gasteiger partial charge is 0.316 e. The van der Waals surface area contributed by atoms with Gasteiger partial charge in [0.05, 0.1) is 4.47 Å². The Bertz CT molecular complexity index is 339. The SMILES string of the molecule is CC(C)CNCCCCc1ccc(F)c(Br)c1. The second-order valence-electron chi connectivity index (χ2n) is 4.80. The van der Waals surface area contributed by atoms with Crippen molar-refractivity contribution < 1.29 is 4.39 Å². The number of benzene rings is 1. The molecular formula is C14H21BrFN. The molecule has 1 N–H and O–H groups in total. The van der Waals surface area contributed by atoms with Gasteiger partial charge < -0.3 is 5.32 Å². The molecule has 0 unspecified atom stereocenters. The molecule has 0 atom stereocenters. The summed E-state index contributed by atoms with van der Waals surface area (Å²) in [7, 11) is 0. The standard InChI is InChI=1S/C14H21BrFN/c1-11(2)10-17-8-4-3-5-12-6-7-14(16)13(15)9-12/h6-7,9,11,17H,3-5,8,10H2,1-2H3. The highest BCUT2D eigenvalue weighted by Gasteiger charge is 2.00. The minimum absolute atomic E-state index is 0.188. The Morgan fingerprint density at radius 1 is 1.29 bits per heavy atom. The fourth-order valence-electron chi connectivity index (χ4n) is 1.67. The number of halogens is 2. The van der Waals surface area contributed by atoms with Gasteiger partial charge in [-0.15, -0.1) is 0 Å². The molecular weight excluding hydrogens is 281 g/mol. The molecule has 0 aromatic heterocycles. The first-order chi connectivity index (χ1) is 8.09. The lowest BCUT2D eigenvalue weighted by atomic mass is 10.1. The van der Waals surface area contributed by atoms with Crippen LogP contribution in [0.25, 0.3) is 0 Å². The van der Waals surface area contributed by atoms with Gasteiger partial charge in [0, 0.05) is 0 Å². The van der Waals surface area contributed by atoms with Gasteiger partial charge in [-0.3, -0.25) is 0 Å². The van der Waals surface area contributed by atoms with Gasteiger partial charge in [-0.25, -0.2) is 4.39 Å².